The summed E-state index contributed by atoms with van der Waals surface area (Å²) in [6, 6.07) is 8.30. The molecule has 3 aromatic rings. The fourth-order valence-corrected chi connectivity index (χ4v) is 4.88. The summed E-state index contributed by atoms with van der Waals surface area (Å²) >= 11 is 5.93. The Morgan fingerprint density at radius 3 is 2.71 bits per heavy atom. The molecule has 1 aromatic heterocycles. The number of hydrogen-bond donors (Lipinski definition) is 1. The number of anilines is 2. The molecule has 1 amide bonds. The van der Waals surface area contributed by atoms with Crippen LogP contribution in [0, 0.1) is 5.82 Å². The monoisotopic (exact) mass is 500 g/mol. The minimum Gasteiger partial charge on any atom is -0.493 e. The minimum absolute atomic E-state index is 0.00527. The summed E-state index contributed by atoms with van der Waals surface area (Å²) in [6.45, 7) is 1.43. The smallest absolute Gasteiger partial charge is 0.248 e. The van der Waals surface area contributed by atoms with Crippen LogP contribution in [0.4, 0.5) is 15.9 Å². The summed E-state index contributed by atoms with van der Waals surface area (Å²) in [5.74, 6) is 1.30. The van der Waals surface area contributed by atoms with Crippen LogP contribution in [0.2, 0.25) is 5.02 Å². The van der Waals surface area contributed by atoms with E-state index in [0.717, 1.165) is 31.1 Å². The van der Waals surface area contributed by atoms with E-state index in [1.54, 1.807) is 13.2 Å². The second-order valence-corrected chi connectivity index (χ2v) is 9.09. The highest BCUT2D eigenvalue weighted by Gasteiger charge is 2.31. The fraction of sp³-hybridized carbons (Fsp3) is 0.400. The summed E-state index contributed by atoms with van der Waals surface area (Å²) in [6.07, 6.45) is 4.89. The van der Waals surface area contributed by atoms with Crippen molar-refractivity contribution in [2.45, 2.75) is 37.8 Å². The van der Waals surface area contributed by atoms with E-state index in [2.05, 4.69) is 15.3 Å². The summed E-state index contributed by atoms with van der Waals surface area (Å²) in [5.41, 5.74) is 1.28. The van der Waals surface area contributed by atoms with Crippen molar-refractivity contribution >= 4 is 39.9 Å². The first-order valence-electron chi connectivity index (χ1n) is 11.6. The number of aromatic nitrogens is 2. The van der Waals surface area contributed by atoms with E-state index < -0.39 is 5.82 Å². The molecule has 2 aromatic carbocycles. The van der Waals surface area contributed by atoms with Gasteiger partial charge in [-0.2, -0.15) is 0 Å². The average Bonchev–Trinajstić information content (AvgIpc) is 2.87. The van der Waals surface area contributed by atoms with Crippen molar-refractivity contribution < 1.29 is 23.4 Å². The number of nitrogens with one attached hydrogen (secondary N) is 1. The van der Waals surface area contributed by atoms with Crippen molar-refractivity contribution in [2.24, 2.45) is 0 Å². The van der Waals surface area contributed by atoms with E-state index in [1.165, 1.54) is 18.5 Å². The van der Waals surface area contributed by atoms with Gasteiger partial charge in [-0.25, -0.2) is 14.4 Å². The molecule has 2 aliphatic rings. The third-order valence-electron chi connectivity index (χ3n) is 6.50. The molecule has 1 N–H and O–H groups in total. The zero-order valence-corrected chi connectivity index (χ0v) is 20.1. The lowest BCUT2D eigenvalue weighted by Crippen LogP contribution is -2.49. The number of ether oxygens (including phenoxy) is 3. The highest BCUT2D eigenvalue weighted by atomic mass is 35.5. The van der Waals surface area contributed by atoms with Gasteiger partial charge in [-0.05, 0) is 49.9 Å². The number of carbonyl (C=O) groups excluding carboxylic acids is 1. The molecule has 5 rings (SSSR count). The normalized spacial score (nSPS) is 20.7. The second kappa shape index (κ2) is 10.2. The Labute approximate surface area is 207 Å². The van der Waals surface area contributed by atoms with Crippen molar-refractivity contribution in [3.05, 3.63) is 47.5 Å². The number of amides is 1. The van der Waals surface area contributed by atoms with E-state index in [9.17, 15) is 9.18 Å². The number of benzene rings is 2. The third kappa shape index (κ3) is 5.11. The van der Waals surface area contributed by atoms with Gasteiger partial charge >= 0.3 is 0 Å². The Morgan fingerprint density at radius 1 is 1.14 bits per heavy atom. The van der Waals surface area contributed by atoms with Gasteiger partial charge < -0.3 is 24.4 Å². The maximum absolute atomic E-state index is 13.6. The molecule has 2 heterocycles. The van der Waals surface area contributed by atoms with Crippen molar-refractivity contribution in [1.82, 2.24) is 14.9 Å². The largest absolute Gasteiger partial charge is 0.493 e. The fourth-order valence-electron chi connectivity index (χ4n) is 4.70. The van der Waals surface area contributed by atoms with Gasteiger partial charge in [-0.3, -0.25) is 4.79 Å². The Kier molecular flexibility index (Phi) is 6.88. The van der Waals surface area contributed by atoms with Crippen LogP contribution in [0.5, 0.6) is 11.5 Å². The number of hydrogen-bond acceptors (Lipinski definition) is 7. The lowest BCUT2D eigenvalue weighted by Gasteiger charge is -2.38. The lowest BCUT2D eigenvalue weighted by molar-refractivity contribution is -0.146. The summed E-state index contributed by atoms with van der Waals surface area (Å²) in [5, 5.41) is 3.94. The second-order valence-electron chi connectivity index (χ2n) is 8.68. The predicted octanol–water partition coefficient (Wildman–Crippen LogP) is 4.72. The quantitative estimate of drug-likeness (QED) is 0.524. The van der Waals surface area contributed by atoms with Crippen LogP contribution in [-0.2, 0) is 9.53 Å². The lowest BCUT2D eigenvalue weighted by atomic mass is 9.91. The van der Waals surface area contributed by atoms with Gasteiger partial charge in [0.2, 0.25) is 5.91 Å². The van der Waals surface area contributed by atoms with E-state index in [4.69, 9.17) is 25.8 Å². The summed E-state index contributed by atoms with van der Waals surface area (Å²) < 4.78 is 30.8. The van der Waals surface area contributed by atoms with Crippen molar-refractivity contribution in [3.8, 4) is 11.5 Å². The maximum Gasteiger partial charge on any atom is 0.248 e. The Bertz CT molecular complexity index is 1240. The number of carbonyl (C=O) groups is 1. The first-order chi connectivity index (χ1) is 17.0. The number of fused-ring (bicyclic) bond motifs is 1. The van der Waals surface area contributed by atoms with Gasteiger partial charge in [-0.1, -0.05) is 11.6 Å². The number of morpholine rings is 1. The van der Waals surface area contributed by atoms with Crippen molar-refractivity contribution in [3.63, 3.8) is 0 Å². The molecule has 8 nitrogen and oxygen atoms in total. The Morgan fingerprint density at radius 2 is 1.97 bits per heavy atom. The molecule has 0 unspecified atom stereocenters. The zero-order valence-electron chi connectivity index (χ0n) is 19.3. The standard InChI is InChI=1S/C25H26ClFN4O4/c1-33-22-12-21-18(25(29-14-28-21)30-15-2-7-20(27)19(26)10-15)11-23(22)35-17-5-3-16(4-6-17)31-8-9-34-13-24(31)32/h2,7,10-12,14,16-17H,3-6,8-9,13H2,1H3,(H,28,29,30). The summed E-state index contributed by atoms with van der Waals surface area (Å²) in [7, 11) is 1.59. The molecule has 1 saturated carbocycles. The number of halogens is 2. The van der Waals surface area contributed by atoms with Gasteiger partial charge in [-0.15, -0.1) is 0 Å². The average molecular weight is 501 g/mol. The predicted molar refractivity (Wildman–Crippen MR) is 130 cm³/mol. The first kappa shape index (κ1) is 23.6. The molecule has 10 heteroatoms. The summed E-state index contributed by atoms with van der Waals surface area (Å²) in [4.78, 5) is 22.9. The molecular formula is C25H26ClFN4O4. The first-order valence-corrected chi connectivity index (χ1v) is 12.0. The van der Waals surface area contributed by atoms with E-state index in [0.29, 0.717) is 41.7 Å². The van der Waals surface area contributed by atoms with Gasteiger partial charge in [0, 0.05) is 29.7 Å². The number of rotatable bonds is 6. The van der Waals surface area contributed by atoms with E-state index >= 15 is 0 Å². The SMILES string of the molecule is COc1cc2ncnc(Nc3ccc(F)c(Cl)c3)c2cc1OC1CCC(N2CCOCC2=O)CC1. The number of nitrogens with zero attached hydrogens (tertiary/aromatic N) is 3. The molecule has 0 bridgehead atoms. The van der Waals surface area contributed by atoms with E-state index in [-0.39, 0.29) is 29.7 Å². The molecular weight excluding hydrogens is 475 g/mol. The Balaban J connectivity index is 1.34. The van der Waals surface area contributed by atoms with Gasteiger partial charge in [0.25, 0.3) is 0 Å². The van der Waals surface area contributed by atoms with E-state index in [1.807, 2.05) is 17.0 Å². The van der Waals surface area contributed by atoms with Crippen LogP contribution in [0.3, 0.4) is 0 Å². The van der Waals surface area contributed by atoms with Crippen LogP contribution < -0.4 is 14.8 Å². The molecule has 1 saturated heterocycles. The highest BCUT2D eigenvalue weighted by Crippen LogP contribution is 2.37. The zero-order chi connectivity index (χ0) is 24.4. The maximum atomic E-state index is 13.6. The van der Waals surface area contributed by atoms with Crippen molar-refractivity contribution in [1.29, 1.82) is 0 Å². The molecule has 0 spiro atoms. The molecule has 2 fully saturated rings. The van der Waals surface area contributed by atoms with Gasteiger partial charge in [0.05, 0.1) is 30.4 Å². The Hall–Kier alpha value is -3.17. The van der Waals surface area contributed by atoms with Crippen LogP contribution in [0.15, 0.2) is 36.7 Å². The third-order valence-corrected chi connectivity index (χ3v) is 6.79. The molecule has 0 radical (unpaired) electrons. The van der Waals surface area contributed by atoms with Crippen LogP contribution in [0.25, 0.3) is 10.9 Å². The van der Waals surface area contributed by atoms with Gasteiger partial charge in [0.15, 0.2) is 11.5 Å². The van der Waals surface area contributed by atoms with Crippen LogP contribution >= 0.6 is 11.6 Å². The van der Waals surface area contributed by atoms with Crippen LogP contribution in [0.1, 0.15) is 25.7 Å². The molecule has 1 aliphatic heterocycles. The highest BCUT2D eigenvalue weighted by molar-refractivity contribution is 6.31. The molecule has 35 heavy (non-hydrogen) atoms. The van der Waals surface area contributed by atoms with Crippen LogP contribution in [-0.4, -0.2) is 59.8 Å². The molecule has 0 atom stereocenters. The van der Waals surface area contributed by atoms with Crippen molar-refractivity contribution in [2.75, 3.05) is 32.2 Å². The molecule has 184 valence electrons. The molecule has 1 aliphatic carbocycles. The van der Waals surface area contributed by atoms with Gasteiger partial charge in [0.1, 0.15) is 24.6 Å². The minimum atomic E-state index is -0.488. The number of methoxy groups -OCH3 is 1. The topological polar surface area (TPSA) is 85.8 Å².